The van der Waals surface area contributed by atoms with Gasteiger partial charge in [0.15, 0.2) is 0 Å². The van der Waals surface area contributed by atoms with E-state index in [-0.39, 0.29) is 0 Å². The minimum atomic E-state index is -1.19. The third-order valence-corrected chi connectivity index (χ3v) is 3.58. The molecule has 18 heavy (non-hydrogen) atoms. The maximum atomic E-state index is 11.7. The summed E-state index contributed by atoms with van der Waals surface area (Å²) in [4.78, 5) is 22.8. The van der Waals surface area contributed by atoms with Crippen molar-refractivity contribution in [3.05, 3.63) is 0 Å². The number of carbonyl (C=O) groups excluding carboxylic acids is 1. The summed E-state index contributed by atoms with van der Waals surface area (Å²) >= 11 is 1.72. The third-order valence-electron chi connectivity index (χ3n) is 2.67. The average molecular weight is 276 g/mol. The van der Waals surface area contributed by atoms with Gasteiger partial charge in [0.1, 0.15) is 5.54 Å². The molecule has 0 saturated heterocycles. The standard InChI is InChI=1S/C12H24N2O3S/c1-5-6-12(3,10(15)16)14-11(17)13-7-9(2)8-18-4/h9H,5-8H2,1-4H3,(H,15,16)(H2,13,14,17). The van der Waals surface area contributed by atoms with E-state index in [1.807, 2.05) is 20.1 Å². The SMILES string of the molecule is CCCC(C)(NC(=O)NCC(C)CSC)C(=O)O. The minimum Gasteiger partial charge on any atom is -0.480 e. The van der Waals surface area contributed by atoms with Crippen molar-refractivity contribution < 1.29 is 14.7 Å². The molecule has 2 amide bonds. The van der Waals surface area contributed by atoms with Crippen LogP contribution in [0.25, 0.3) is 0 Å². The molecule has 0 bridgehead atoms. The first kappa shape index (κ1) is 17.1. The number of carbonyl (C=O) groups is 2. The second kappa shape index (κ2) is 8.24. The van der Waals surface area contributed by atoms with Crippen molar-refractivity contribution in [3.8, 4) is 0 Å². The Bertz CT molecular complexity index is 286. The van der Waals surface area contributed by atoms with Gasteiger partial charge in [-0.1, -0.05) is 20.3 Å². The molecule has 0 aliphatic rings. The Morgan fingerprint density at radius 2 is 2.06 bits per heavy atom. The van der Waals surface area contributed by atoms with E-state index in [2.05, 4.69) is 10.6 Å². The number of urea groups is 1. The van der Waals surface area contributed by atoms with E-state index in [0.717, 1.165) is 5.75 Å². The molecule has 0 aliphatic carbocycles. The molecule has 106 valence electrons. The van der Waals surface area contributed by atoms with Gasteiger partial charge in [0.05, 0.1) is 0 Å². The van der Waals surface area contributed by atoms with Gasteiger partial charge < -0.3 is 15.7 Å². The Labute approximate surface area is 113 Å². The number of rotatable bonds is 8. The van der Waals surface area contributed by atoms with Gasteiger partial charge >= 0.3 is 12.0 Å². The first-order chi connectivity index (χ1) is 8.35. The number of hydrogen-bond acceptors (Lipinski definition) is 3. The van der Waals surface area contributed by atoms with Crippen LogP contribution in [0.2, 0.25) is 0 Å². The summed E-state index contributed by atoms with van der Waals surface area (Å²) in [5.41, 5.74) is -1.19. The number of nitrogens with one attached hydrogen (secondary N) is 2. The second-order valence-corrected chi connectivity index (χ2v) is 5.69. The van der Waals surface area contributed by atoms with Crippen molar-refractivity contribution in [2.45, 2.75) is 39.2 Å². The lowest BCUT2D eigenvalue weighted by Crippen LogP contribution is -2.55. The number of thioether (sulfide) groups is 1. The van der Waals surface area contributed by atoms with E-state index >= 15 is 0 Å². The number of hydrogen-bond donors (Lipinski definition) is 3. The van der Waals surface area contributed by atoms with Crippen LogP contribution in [0.15, 0.2) is 0 Å². The average Bonchev–Trinajstić information content (AvgIpc) is 2.27. The highest BCUT2D eigenvalue weighted by molar-refractivity contribution is 7.98. The molecular formula is C12H24N2O3S. The van der Waals surface area contributed by atoms with Crippen molar-refractivity contribution in [2.24, 2.45) is 5.92 Å². The molecule has 6 heteroatoms. The maximum absolute atomic E-state index is 11.7. The smallest absolute Gasteiger partial charge is 0.329 e. The highest BCUT2D eigenvalue weighted by atomic mass is 32.2. The summed E-state index contributed by atoms with van der Waals surface area (Å²) in [6, 6.07) is -0.415. The highest BCUT2D eigenvalue weighted by Gasteiger charge is 2.33. The van der Waals surface area contributed by atoms with Crippen LogP contribution in [0.1, 0.15) is 33.6 Å². The summed E-state index contributed by atoms with van der Waals surface area (Å²) < 4.78 is 0. The van der Waals surface area contributed by atoms with Gasteiger partial charge in [-0.3, -0.25) is 0 Å². The van der Waals surface area contributed by atoms with Crippen LogP contribution in [-0.4, -0.2) is 41.2 Å². The van der Waals surface area contributed by atoms with Crippen molar-refractivity contribution in [3.63, 3.8) is 0 Å². The summed E-state index contributed by atoms with van der Waals surface area (Å²) in [6.07, 6.45) is 3.13. The summed E-state index contributed by atoms with van der Waals surface area (Å²) in [6.45, 7) is 6.01. The monoisotopic (exact) mass is 276 g/mol. The first-order valence-corrected chi connectivity index (χ1v) is 7.53. The summed E-state index contributed by atoms with van der Waals surface area (Å²) in [5, 5.41) is 14.4. The third kappa shape index (κ3) is 6.14. The molecule has 3 N–H and O–H groups in total. The molecule has 0 rings (SSSR count). The predicted octanol–water partition coefficient (Wildman–Crippen LogP) is 1.93. The Kier molecular flexibility index (Phi) is 7.82. The predicted molar refractivity (Wildman–Crippen MR) is 75.0 cm³/mol. The van der Waals surface area contributed by atoms with E-state index in [0.29, 0.717) is 25.3 Å². The van der Waals surface area contributed by atoms with Crippen molar-refractivity contribution in [1.29, 1.82) is 0 Å². The van der Waals surface area contributed by atoms with Crippen LogP contribution in [0, 0.1) is 5.92 Å². The summed E-state index contributed by atoms with van der Waals surface area (Å²) in [7, 11) is 0. The van der Waals surface area contributed by atoms with Crippen LogP contribution >= 0.6 is 11.8 Å². The molecule has 0 spiro atoms. The van der Waals surface area contributed by atoms with Crippen LogP contribution in [0.3, 0.4) is 0 Å². The highest BCUT2D eigenvalue weighted by Crippen LogP contribution is 2.12. The molecule has 0 radical (unpaired) electrons. The molecule has 0 aromatic rings. The second-order valence-electron chi connectivity index (χ2n) is 4.78. The fourth-order valence-electron chi connectivity index (χ4n) is 1.63. The molecular weight excluding hydrogens is 252 g/mol. The maximum Gasteiger partial charge on any atom is 0.329 e. The van der Waals surface area contributed by atoms with Gasteiger partial charge in [-0.05, 0) is 31.3 Å². The van der Waals surface area contributed by atoms with Gasteiger partial charge in [-0.2, -0.15) is 11.8 Å². The molecule has 5 nitrogen and oxygen atoms in total. The van der Waals surface area contributed by atoms with Gasteiger partial charge in [0, 0.05) is 6.54 Å². The Hall–Kier alpha value is -0.910. The molecule has 0 fully saturated rings. The van der Waals surface area contributed by atoms with E-state index in [1.54, 1.807) is 11.8 Å². The molecule has 0 aliphatic heterocycles. The van der Waals surface area contributed by atoms with Gasteiger partial charge in [-0.15, -0.1) is 0 Å². The van der Waals surface area contributed by atoms with E-state index in [4.69, 9.17) is 5.11 Å². The summed E-state index contributed by atoms with van der Waals surface area (Å²) in [5.74, 6) is 0.329. The lowest BCUT2D eigenvalue weighted by Gasteiger charge is -2.26. The van der Waals surface area contributed by atoms with Crippen molar-refractivity contribution in [2.75, 3.05) is 18.6 Å². The molecule has 2 unspecified atom stereocenters. The van der Waals surface area contributed by atoms with Gasteiger partial charge in [0.2, 0.25) is 0 Å². The van der Waals surface area contributed by atoms with Crippen molar-refractivity contribution >= 4 is 23.8 Å². The minimum absolute atomic E-state index is 0.369. The van der Waals surface area contributed by atoms with Crippen LogP contribution < -0.4 is 10.6 Å². The van der Waals surface area contributed by atoms with E-state index in [1.165, 1.54) is 6.92 Å². The fraction of sp³-hybridized carbons (Fsp3) is 0.833. The number of carboxylic acids is 1. The zero-order chi connectivity index (χ0) is 14.2. The molecule has 0 aromatic carbocycles. The molecule has 2 atom stereocenters. The van der Waals surface area contributed by atoms with Crippen molar-refractivity contribution in [1.82, 2.24) is 10.6 Å². The number of carboxylic acid groups (broad SMARTS) is 1. The number of aliphatic carboxylic acids is 1. The zero-order valence-corrected chi connectivity index (χ0v) is 12.4. The normalized spacial score (nSPS) is 15.6. The Balaban J connectivity index is 4.23. The Morgan fingerprint density at radius 1 is 1.44 bits per heavy atom. The van der Waals surface area contributed by atoms with Crippen LogP contribution in [-0.2, 0) is 4.79 Å². The largest absolute Gasteiger partial charge is 0.480 e. The van der Waals surface area contributed by atoms with E-state index < -0.39 is 17.5 Å². The lowest BCUT2D eigenvalue weighted by molar-refractivity contribution is -0.144. The lowest BCUT2D eigenvalue weighted by atomic mass is 9.97. The number of amides is 2. The van der Waals surface area contributed by atoms with E-state index in [9.17, 15) is 9.59 Å². The quantitative estimate of drug-likeness (QED) is 0.633. The Morgan fingerprint density at radius 3 is 2.50 bits per heavy atom. The van der Waals surface area contributed by atoms with Gasteiger partial charge in [0.25, 0.3) is 0 Å². The fourth-order valence-corrected chi connectivity index (χ4v) is 2.31. The van der Waals surface area contributed by atoms with Crippen LogP contribution in [0.4, 0.5) is 4.79 Å². The molecule has 0 aromatic heterocycles. The topological polar surface area (TPSA) is 78.4 Å². The first-order valence-electron chi connectivity index (χ1n) is 6.14. The van der Waals surface area contributed by atoms with Gasteiger partial charge in [-0.25, -0.2) is 9.59 Å². The molecule has 0 heterocycles. The zero-order valence-electron chi connectivity index (χ0n) is 11.6. The van der Waals surface area contributed by atoms with Crippen LogP contribution in [0.5, 0.6) is 0 Å². The molecule has 0 saturated carbocycles.